The molecule has 2 atom stereocenters. The first-order chi connectivity index (χ1) is 16.1. The van der Waals surface area contributed by atoms with Gasteiger partial charge in [-0.25, -0.2) is 4.98 Å². The zero-order chi connectivity index (χ0) is 23.2. The van der Waals surface area contributed by atoms with E-state index in [0.717, 1.165) is 73.0 Å². The third-order valence-corrected chi connectivity index (χ3v) is 7.76. The smallest absolute Gasteiger partial charge is 0.307 e. The molecule has 1 aromatic carbocycles. The van der Waals surface area contributed by atoms with Gasteiger partial charge in [-0.15, -0.1) is 0 Å². The number of hydrogen-bond acceptors (Lipinski definition) is 6. The van der Waals surface area contributed by atoms with E-state index in [2.05, 4.69) is 11.9 Å². The number of unbranched alkanes of at least 4 members (excludes halogenated alkanes) is 2. The second kappa shape index (κ2) is 10.9. The summed E-state index contributed by atoms with van der Waals surface area (Å²) in [4.78, 5) is 21.6. The molecule has 2 aromatic heterocycles. The summed E-state index contributed by atoms with van der Waals surface area (Å²) in [6, 6.07) is 9.46. The van der Waals surface area contributed by atoms with Gasteiger partial charge in [0.25, 0.3) is 0 Å². The number of nitrogens with zero attached hydrogens (tertiary/aromatic N) is 3. The first-order valence-corrected chi connectivity index (χ1v) is 12.9. The zero-order valence-electron chi connectivity index (χ0n) is 19.3. The van der Waals surface area contributed by atoms with Gasteiger partial charge in [0.1, 0.15) is 5.75 Å². The monoisotopic (exact) mass is 469 g/mol. The van der Waals surface area contributed by atoms with Crippen LogP contribution in [0, 0.1) is 0 Å². The van der Waals surface area contributed by atoms with Gasteiger partial charge >= 0.3 is 5.97 Å². The standard InChI is InChI=1S/C25H31N3O4S/c1-3-4-5-14-23(29)32-17-28-20-12-8-7-11-19(20)27-25(28)33(30)22-13-9-6-10-18-21(31-2)15-16-26-24(18)22/h7-8,11-12,15-16,22H,3-6,9-10,13-14,17H2,1-2H3. The Balaban J connectivity index is 1.66. The minimum absolute atomic E-state index is 0.00232. The SMILES string of the molecule is CCCCCC(=O)OCn1c(S(=O)C2CCCCc3c(OC)ccnc32)nc2ccccc21. The number of ether oxygens (including phenoxy) is 2. The molecule has 8 heteroatoms. The fourth-order valence-corrected chi connectivity index (χ4v) is 5.97. The van der Waals surface area contributed by atoms with Crippen molar-refractivity contribution in [2.45, 2.75) is 75.4 Å². The topological polar surface area (TPSA) is 83.3 Å². The highest BCUT2D eigenvalue weighted by Gasteiger charge is 2.31. The maximum Gasteiger partial charge on any atom is 0.307 e. The molecule has 2 unspecified atom stereocenters. The number of pyridine rings is 1. The molecule has 0 amide bonds. The quantitative estimate of drug-likeness (QED) is 0.246. The molecule has 0 N–H and O–H groups in total. The molecular weight excluding hydrogens is 438 g/mol. The number of hydrogen-bond donors (Lipinski definition) is 0. The Bertz CT molecular complexity index is 1140. The van der Waals surface area contributed by atoms with Crippen molar-refractivity contribution in [2.75, 3.05) is 7.11 Å². The fraction of sp³-hybridized carbons (Fsp3) is 0.480. The van der Waals surface area contributed by atoms with Crippen LogP contribution in [0.25, 0.3) is 11.0 Å². The lowest BCUT2D eigenvalue weighted by Gasteiger charge is -2.18. The summed E-state index contributed by atoms with van der Waals surface area (Å²) >= 11 is 0. The highest BCUT2D eigenvalue weighted by Crippen LogP contribution is 2.38. The highest BCUT2D eigenvalue weighted by atomic mass is 32.2. The maximum absolute atomic E-state index is 14.0. The van der Waals surface area contributed by atoms with Crippen LogP contribution in [0.15, 0.2) is 41.7 Å². The van der Waals surface area contributed by atoms with Gasteiger partial charge in [0, 0.05) is 18.2 Å². The molecule has 7 nitrogen and oxygen atoms in total. The molecule has 1 aliphatic rings. The van der Waals surface area contributed by atoms with Crippen LogP contribution in [0.5, 0.6) is 5.75 Å². The number of para-hydroxylation sites is 2. The first-order valence-electron chi connectivity index (χ1n) is 11.7. The largest absolute Gasteiger partial charge is 0.496 e. The summed E-state index contributed by atoms with van der Waals surface area (Å²) in [5.41, 5.74) is 3.38. The second-order valence-corrected chi connectivity index (χ2v) is 9.85. The molecule has 0 bridgehead atoms. The average Bonchev–Trinajstić information content (AvgIpc) is 3.06. The maximum atomic E-state index is 14.0. The van der Waals surface area contributed by atoms with E-state index in [1.54, 1.807) is 17.9 Å². The number of imidazole rings is 1. The van der Waals surface area contributed by atoms with E-state index in [4.69, 9.17) is 14.5 Å². The Labute approximate surface area is 197 Å². The van der Waals surface area contributed by atoms with E-state index in [1.165, 1.54) is 0 Å². The number of aromatic nitrogens is 3. The third kappa shape index (κ3) is 5.11. The second-order valence-electron chi connectivity index (χ2n) is 8.32. The van der Waals surface area contributed by atoms with Crippen LogP contribution >= 0.6 is 0 Å². The van der Waals surface area contributed by atoms with Gasteiger partial charge in [0.05, 0.1) is 39.9 Å². The molecule has 2 heterocycles. The molecule has 1 aliphatic carbocycles. The number of carbonyl (C=O) groups excluding carboxylic acids is 1. The van der Waals surface area contributed by atoms with E-state index in [-0.39, 0.29) is 18.0 Å². The lowest BCUT2D eigenvalue weighted by molar-refractivity contribution is -0.147. The van der Waals surface area contributed by atoms with E-state index < -0.39 is 10.8 Å². The van der Waals surface area contributed by atoms with Crippen molar-refractivity contribution in [1.29, 1.82) is 0 Å². The number of methoxy groups -OCH3 is 1. The van der Waals surface area contributed by atoms with Crippen molar-refractivity contribution in [3.8, 4) is 5.75 Å². The van der Waals surface area contributed by atoms with Crippen LogP contribution in [-0.4, -0.2) is 31.8 Å². The molecule has 0 radical (unpaired) electrons. The Morgan fingerprint density at radius 3 is 2.88 bits per heavy atom. The third-order valence-electron chi connectivity index (χ3n) is 6.11. The summed E-state index contributed by atoms with van der Waals surface area (Å²) in [6.45, 7) is 2.10. The van der Waals surface area contributed by atoms with Crippen molar-refractivity contribution in [3.05, 3.63) is 47.8 Å². The van der Waals surface area contributed by atoms with E-state index in [0.29, 0.717) is 11.6 Å². The van der Waals surface area contributed by atoms with Crippen LogP contribution in [0.3, 0.4) is 0 Å². The van der Waals surface area contributed by atoms with E-state index in [9.17, 15) is 9.00 Å². The number of rotatable bonds is 9. The molecule has 0 spiro atoms. The molecule has 4 rings (SSSR count). The molecular formula is C25H31N3O4S. The Morgan fingerprint density at radius 1 is 1.21 bits per heavy atom. The molecule has 176 valence electrons. The molecule has 3 aromatic rings. The minimum Gasteiger partial charge on any atom is -0.496 e. The number of carbonyl (C=O) groups is 1. The fourth-order valence-electron chi connectivity index (χ4n) is 4.37. The van der Waals surface area contributed by atoms with Crippen LogP contribution in [0.4, 0.5) is 0 Å². The summed E-state index contributed by atoms with van der Waals surface area (Å²) in [5, 5.41) is 0.119. The summed E-state index contributed by atoms with van der Waals surface area (Å²) < 4.78 is 26.9. The van der Waals surface area contributed by atoms with Crippen molar-refractivity contribution in [3.63, 3.8) is 0 Å². The van der Waals surface area contributed by atoms with Crippen LogP contribution in [0.1, 0.15) is 68.4 Å². The Hall–Kier alpha value is -2.74. The van der Waals surface area contributed by atoms with E-state index in [1.807, 2.05) is 30.3 Å². The molecule has 0 aliphatic heterocycles. The van der Waals surface area contributed by atoms with Gasteiger partial charge in [-0.1, -0.05) is 38.3 Å². The zero-order valence-corrected chi connectivity index (χ0v) is 20.1. The summed E-state index contributed by atoms with van der Waals surface area (Å²) in [5.74, 6) is 0.544. The predicted molar refractivity (Wildman–Crippen MR) is 127 cm³/mol. The van der Waals surface area contributed by atoms with Gasteiger partial charge in [-0.05, 0) is 43.9 Å². The Morgan fingerprint density at radius 2 is 2.06 bits per heavy atom. The van der Waals surface area contributed by atoms with Crippen molar-refractivity contribution in [1.82, 2.24) is 14.5 Å². The summed E-state index contributed by atoms with van der Waals surface area (Å²) in [6.07, 6.45) is 8.50. The molecule has 33 heavy (non-hydrogen) atoms. The lowest BCUT2D eigenvalue weighted by atomic mass is 10.1. The first kappa shape index (κ1) is 23.4. The van der Waals surface area contributed by atoms with Crippen molar-refractivity contribution in [2.24, 2.45) is 0 Å². The average molecular weight is 470 g/mol. The molecule has 0 saturated carbocycles. The van der Waals surface area contributed by atoms with Gasteiger partial charge in [0.15, 0.2) is 6.73 Å². The normalized spacial score (nSPS) is 16.7. The van der Waals surface area contributed by atoms with Gasteiger partial charge < -0.3 is 9.47 Å². The van der Waals surface area contributed by atoms with Crippen molar-refractivity contribution < 1.29 is 18.5 Å². The van der Waals surface area contributed by atoms with Gasteiger partial charge in [0.2, 0.25) is 5.16 Å². The minimum atomic E-state index is -1.48. The molecule has 0 saturated heterocycles. The molecule has 0 fully saturated rings. The Kier molecular flexibility index (Phi) is 7.75. The highest BCUT2D eigenvalue weighted by molar-refractivity contribution is 7.85. The predicted octanol–water partition coefficient (Wildman–Crippen LogP) is 5.10. The summed E-state index contributed by atoms with van der Waals surface area (Å²) in [7, 11) is 0.178. The van der Waals surface area contributed by atoms with Crippen LogP contribution in [0.2, 0.25) is 0 Å². The van der Waals surface area contributed by atoms with Gasteiger partial charge in [-0.2, -0.15) is 0 Å². The number of benzene rings is 1. The van der Waals surface area contributed by atoms with Crippen LogP contribution < -0.4 is 4.74 Å². The van der Waals surface area contributed by atoms with Crippen molar-refractivity contribution >= 4 is 27.8 Å². The number of esters is 1. The van der Waals surface area contributed by atoms with E-state index >= 15 is 0 Å². The lowest BCUT2D eigenvalue weighted by Crippen LogP contribution is -2.17. The van der Waals surface area contributed by atoms with Gasteiger partial charge in [-0.3, -0.25) is 18.6 Å². The number of fused-ring (bicyclic) bond motifs is 2. The van der Waals surface area contributed by atoms with Crippen LogP contribution in [-0.2, 0) is 33.5 Å².